The molecule has 1 N–H and O–H groups in total. The van der Waals surface area contributed by atoms with Crippen LogP contribution in [0, 0.1) is 0 Å². The summed E-state index contributed by atoms with van der Waals surface area (Å²) in [5.74, 6) is 0.476. The van der Waals surface area contributed by atoms with E-state index >= 15 is 0 Å². The number of ether oxygens (including phenoxy) is 2. The number of esters is 1. The molecule has 0 saturated carbocycles. The van der Waals surface area contributed by atoms with Crippen LogP contribution in [0.3, 0.4) is 0 Å². The highest BCUT2D eigenvalue weighted by Crippen LogP contribution is 2.17. The summed E-state index contributed by atoms with van der Waals surface area (Å²) >= 11 is 0. The molecule has 1 unspecified atom stereocenters. The van der Waals surface area contributed by atoms with E-state index < -0.39 is 0 Å². The van der Waals surface area contributed by atoms with Gasteiger partial charge in [0.2, 0.25) is 0 Å². The first-order chi connectivity index (χ1) is 9.08. The van der Waals surface area contributed by atoms with Crippen molar-refractivity contribution in [1.29, 1.82) is 0 Å². The lowest BCUT2D eigenvalue weighted by Crippen LogP contribution is -2.24. The van der Waals surface area contributed by atoms with Crippen molar-refractivity contribution in [3.05, 3.63) is 42.0 Å². The van der Waals surface area contributed by atoms with Crippen LogP contribution in [0.25, 0.3) is 0 Å². The molecule has 0 heterocycles. The zero-order valence-electron chi connectivity index (χ0n) is 11.7. The minimum absolute atomic E-state index is 0.122. The smallest absolute Gasteiger partial charge is 0.334 e. The number of carbonyl (C=O) groups is 1. The maximum Gasteiger partial charge on any atom is 0.334 e. The summed E-state index contributed by atoms with van der Waals surface area (Å²) < 4.78 is 9.99. The second kappa shape index (κ2) is 7.59. The van der Waals surface area contributed by atoms with Crippen LogP contribution in [0.2, 0.25) is 0 Å². The van der Waals surface area contributed by atoms with Crippen LogP contribution >= 0.6 is 0 Å². The first kappa shape index (κ1) is 15.2. The fourth-order valence-electron chi connectivity index (χ4n) is 1.59. The molecule has 1 rings (SSSR count). The van der Waals surface area contributed by atoms with Gasteiger partial charge in [0.15, 0.2) is 0 Å². The molecule has 0 saturated heterocycles. The van der Waals surface area contributed by atoms with E-state index in [-0.39, 0.29) is 12.0 Å². The van der Waals surface area contributed by atoms with Gasteiger partial charge in [-0.25, -0.2) is 4.79 Å². The van der Waals surface area contributed by atoms with Crippen LogP contribution in [0.5, 0.6) is 5.75 Å². The molecule has 104 valence electrons. The van der Waals surface area contributed by atoms with Gasteiger partial charge in [-0.05, 0) is 31.5 Å². The van der Waals surface area contributed by atoms with Crippen molar-refractivity contribution in [3.8, 4) is 5.75 Å². The fourth-order valence-corrected chi connectivity index (χ4v) is 1.59. The standard InChI is InChI=1S/C15H21NO3/c1-5-19-15(17)11(2)10-16-12(3)13-6-8-14(18-4)9-7-13/h6-9,12,16H,2,5,10H2,1,3-4H3. The maximum absolute atomic E-state index is 11.4. The van der Waals surface area contributed by atoms with Gasteiger partial charge in [-0.2, -0.15) is 0 Å². The molecular weight excluding hydrogens is 242 g/mol. The Hall–Kier alpha value is -1.81. The zero-order valence-corrected chi connectivity index (χ0v) is 11.7. The summed E-state index contributed by atoms with van der Waals surface area (Å²) in [6.07, 6.45) is 0. The van der Waals surface area contributed by atoms with Crippen molar-refractivity contribution in [3.63, 3.8) is 0 Å². The Labute approximate surface area is 114 Å². The Bertz CT molecular complexity index is 426. The van der Waals surface area contributed by atoms with E-state index in [0.29, 0.717) is 18.7 Å². The molecule has 0 spiro atoms. The van der Waals surface area contributed by atoms with E-state index in [1.165, 1.54) is 0 Å². The van der Waals surface area contributed by atoms with Gasteiger partial charge in [-0.3, -0.25) is 0 Å². The van der Waals surface area contributed by atoms with Crippen molar-refractivity contribution >= 4 is 5.97 Å². The van der Waals surface area contributed by atoms with Crippen molar-refractivity contribution < 1.29 is 14.3 Å². The van der Waals surface area contributed by atoms with Gasteiger partial charge < -0.3 is 14.8 Å². The number of carbonyl (C=O) groups excluding carboxylic acids is 1. The molecule has 4 nitrogen and oxygen atoms in total. The highest BCUT2D eigenvalue weighted by atomic mass is 16.5. The second-order valence-electron chi connectivity index (χ2n) is 4.20. The predicted molar refractivity (Wildman–Crippen MR) is 75.2 cm³/mol. The topological polar surface area (TPSA) is 47.6 Å². The van der Waals surface area contributed by atoms with Gasteiger partial charge in [0.1, 0.15) is 5.75 Å². The van der Waals surface area contributed by atoms with E-state index in [2.05, 4.69) is 11.9 Å². The minimum atomic E-state index is -0.350. The summed E-state index contributed by atoms with van der Waals surface area (Å²) in [6, 6.07) is 7.92. The van der Waals surface area contributed by atoms with E-state index in [1.807, 2.05) is 31.2 Å². The van der Waals surface area contributed by atoms with Crippen LogP contribution in [-0.2, 0) is 9.53 Å². The molecule has 1 atom stereocenters. The molecule has 0 aliphatic heterocycles. The highest BCUT2D eigenvalue weighted by Gasteiger charge is 2.10. The number of methoxy groups -OCH3 is 1. The molecule has 0 radical (unpaired) electrons. The molecule has 0 fully saturated rings. The van der Waals surface area contributed by atoms with Crippen LogP contribution in [-0.4, -0.2) is 26.2 Å². The fraction of sp³-hybridized carbons (Fsp3) is 0.400. The summed E-state index contributed by atoms with van der Waals surface area (Å²) in [6.45, 7) is 8.29. The van der Waals surface area contributed by atoms with E-state index in [1.54, 1.807) is 14.0 Å². The van der Waals surface area contributed by atoms with Crippen LogP contribution in [0.15, 0.2) is 36.4 Å². The van der Waals surface area contributed by atoms with Crippen LogP contribution in [0.4, 0.5) is 0 Å². The molecule has 1 aromatic rings. The number of benzene rings is 1. The van der Waals surface area contributed by atoms with Crippen molar-refractivity contribution in [1.82, 2.24) is 5.32 Å². The van der Waals surface area contributed by atoms with Crippen LogP contribution in [0.1, 0.15) is 25.5 Å². The summed E-state index contributed by atoms with van der Waals surface area (Å²) in [4.78, 5) is 11.4. The molecule has 0 aromatic heterocycles. The molecule has 0 bridgehead atoms. The zero-order chi connectivity index (χ0) is 14.3. The SMILES string of the molecule is C=C(CNC(C)c1ccc(OC)cc1)C(=O)OCC. The summed E-state index contributed by atoms with van der Waals surface area (Å²) in [5.41, 5.74) is 1.56. The minimum Gasteiger partial charge on any atom is -0.497 e. The third kappa shape index (κ3) is 4.75. The molecule has 1 aromatic carbocycles. The van der Waals surface area contributed by atoms with Gasteiger partial charge in [-0.1, -0.05) is 18.7 Å². The third-order valence-corrected chi connectivity index (χ3v) is 2.80. The molecule has 0 amide bonds. The van der Waals surface area contributed by atoms with E-state index in [9.17, 15) is 4.79 Å². The molecule has 0 aliphatic carbocycles. The monoisotopic (exact) mass is 263 g/mol. The third-order valence-electron chi connectivity index (χ3n) is 2.80. The predicted octanol–water partition coefficient (Wildman–Crippen LogP) is 2.47. The summed E-state index contributed by atoms with van der Waals surface area (Å²) in [7, 11) is 1.64. The first-order valence-electron chi connectivity index (χ1n) is 6.30. The van der Waals surface area contributed by atoms with Gasteiger partial charge in [-0.15, -0.1) is 0 Å². The van der Waals surface area contributed by atoms with E-state index in [4.69, 9.17) is 9.47 Å². The van der Waals surface area contributed by atoms with Crippen molar-refractivity contribution in [2.45, 2.75) is 19.9 Å². The number of hydrogen-bond acceptors (Lipinski definition) is 4. The number of hydrogen-bond donors (Lipinski definition) is 1. The van der Waals surface area contributed by atoms with Gasteiger partial charge >= 0.3 is 5.97 Å². The Morgan fingerprint density at radius 3 is 2.53 bits per heavy atom. The first-order valence-corrected chi connectivity index (χ1v) is 6.30. The number of rotatable bonds is 7. The Morgan fingerprint density at radius 1 is 1.37 bits per heavy atom. The number of nitrogens with one attached hydrogen (secondary N) is 1. The maximum atomic E-state index is 11.4. The molecular formula is C15H21NO3. The largest absolute Gasteiger partial charge is 0.497 e. The average molecular weight is 263 g/mol. The quantitative estimate of drug-likeness (QED) is 0.606. The Morgan fingerprint density at radius 2 is 2.00 bits per heavy atom. The lowest BCUT2D eigenvalue weighted by atomic mass is 10.1. The summed E-state index contributed by atoms with van der Waals surface area (Å²) in [5, 5.41) is 3.23. The molecule has 0 aliphatic rings. The van der Waals surface area contributed by atoms with E-state index in [0.717, 1.165) is 11.3 Å². The van der Waals surface area contributed by atoms with Gasteiger partial charge in [0, 0.05) is 18.2 Å². The Kier molecular flexibility index (Phi) is 6.09. The van der Waals surface area contributed by atoms with Crippen molar-refractivity contribution in [2.75, 3.05) is 20.3 Å². The van der Waals surface area contributed by atoms with Gasteiger partial charge in [0.25, 0.3) is 0 Å². The van der Waals surface area contributed by atoms with Crippen LogP contribution < -0.4 is 10.1 Å². The average Bonchev–Trinajstić information content (AvgIpc) is 2.44. The lowest BCUT2D eigenvalue weighted by Gasteiger charge is -2.15. The normalized spacial score (nSPS) is 11.7. The van der Waals surface area contributed by atoms with Crippen molar-refractivity contribution in [2.24, 2.45) is 0 Å². The highest BCUT2D eigenvalue weighted by molar-refractivity contribution is 5.88. The lowest BCUT2D eigenvalue weighted by molar-refractivity contribution is -0.138. The second-order valence-corrected chi connectivity index (χ2v) is 4.20. The van der Waals surface area contributed by atoms with Gasteiger partial charge in [0.05, 0.1) is 13.7 Å². The molecule has 19 heavy (non-hydrogen) atoms. The molecule has 4 heteroatoms. The Balaban J connectivity index is 2.48.